The van der Waals surface area contributed by atoms with Crippen LogP contribution in [-0.2, 0) is 11.2 Å². The monoisotopic (exact) mass is 433 g/mol. The molecule has 0 heterocycles. The molecular weight excluding hydrogens is 410 g/mol. The molecule has 5 heteroatoms. The maximum atomic E-state index is 13.3. The van der Waals surface area contributed by atoms with Crippen molar-refractivity contribution < 1.29 is 9.59 Å². The first-order valence-corrected chi connectivity index (χ1v) is 10.7. The van der Waals surface area contributed by atoms with Crippen LogP contribution in [0.1, 0.15) is 15.9 Å². The van der Waals surface area contributed by atoms with Crippen molar-refractivity contribution in [3.63, 3.8) is 0 Å². The first kappa shape index (κ1) is 21.8. The highest BCUT2D eigenvalue weighted by Crippen LogP contribution is 2.24. The number of nitrogens with zero attached hydrogens (tertiary/aromatic N) is 1. The van der Waals surface area contributed by atoms with Crippen LogP contribution in [0.5, 0.6) is 0 Å². The van der Waals surface area contributed by atoms with Crippen LogP contribution in [0.2, 0.25) is 0 Å². The standard InChI is InChI=1S/C28H23N3O2/c29-16-17-30-28(33)26(19-20-14-15-21-8-4-5-11-23(21)18-20)31-27(32)25-13-7-6-12-24(25)22-9-2-1-3-10-22/h1-15,18,26H,17,19H2,(H,30,33)(H,31,32). The minimum absolute atomic E-state index is 0.122. The summed E-state index contributed by atoms with van der Waals surface area (Å²) in [5.74, 6) is -0.734. The molecule has 1 unspecified atom stereocenters. The van der Waals surface area contributed by atoms with Crippen LogP contribution >= 0.6 is 0 Å². The second-order valence-corrected chi connectivity index (χ2v) is 7.70. The van der Waals surface area contributed by atoms with E-state index in [-0.39, 0.29) is 12.5 Å². The third-order valence-corrected chi connectivity index (χ3v) is 5.47. The molecule has 0 fully saturated rings. The SMILES string of the molecule is N#CCNC(=O)C(Cc1ccc2ccccc2c1)NC(=O)c1ccccc1-c1ccccc1. The van der Waals surface area contributed by atoms with Gasteiger partial charge < -0.3 is 10.6 Å². The molecule has 2 N–H and O–H groups in total. The van der Waals surface area contributed by atoms with E-state index in [4.69, 9.17) is 5.26 Å². The van der Waals surface area contributed by atoms with Crippen LogP contribution in [0.4, 0.5) is 0 Å². The molecule has 33 heavy (non-hydrogen) atoms. The van der Waals surface area contributed by atoms with Crippen LogP contribution in [0.15, 0.2) is 97.1 Å². The highest BCUT2D eigenvalue weighted by atomic mass is 16.2. The van der Waals surface area contributed by atoms with Gasteiger partial charge in [0.15, 0.2) is 0 Å². The van der Waals surface area contributed by atoms with Gasteiger partial charge >= 0.3 is 0 Å². The van der Waals surface area contributed by atoms with Crippen molar-refractivity contribution in [1.82, 2.24) is 10.6 Å². The summed E-state index contributed by atoms with van der Waals surface area (Å²) in [7, 11) is 0. The molecule has 4 aromatic rings. The Hall–Kier alpha value is -4.43. The summed E-state index contributed by atoms with van der Waals surface area (Å²) in [6.45, 7) is -0.122. The van der Waals surface area contributed by atoms with E-state index in [1.54, 1.807) is 12.1 Å². The van der Waals surface area contributed by atoms with E-state index in [1.165, 1.54) is 0 Å². The fourth-order valence-corrected chi connectivity index (χ4v) is 3.85. The van der Waals surface area contributed by atoms with E-state index in [0.717, 1.165) is 27.5 Å². The minimum Gasteiger partial charge on any atom is -0.341 e. The van der Waals surface area contributed by atoms with Gasteiger partial charge in [-0.15, -0.1) is 0 Å². The van der Waals surface area contributed by atoms with Crippen molar-refractivity contribution in [1.29, 1.82) is 5.26 Å². The summed E-state index contributed by atoms with van der Waals surface area (Å²) in [6.07, 6.45) is 0.307. The van der Waals surface area contributed by atoms with Gasteiger partial charge in [0.05, 0.1) is 6.07 Å². The Bertz CT molecular complexity index is 1330. The predicted octanol–water partition coefficient (Wildman–Crippen LogP) is 4.49. The molecule has 1 atom stereocenters. The zero-order chi connectivity index (χ0) is 23.0. The van der Waals surface area contributed by atoms with E-state index in [2.05, 4.69) is 10.6 Å². The summed E-state index contributed by atoms with van der Waals surface area (Å²) in [5.41, 5.74) is 3.11. The number of hydrogen-bond acceptors (Lipinski definition) is 3. The number of amides is 2. The van der Waals surface area contributed by atoms with E-state index in [1.807, 2.05) is 91.0 Å². The number of hydrogen-bond donors (Lipinski definition) is 2. The Morgan fingerprint density at radius 3 is 2.30 bits per heavy atom. The fraction of sp³-hybridized carbons (Fsp3) is 0.107. The largest absolute Gasteiger partial charge is 0.341 e. The number of nitriles is 1. The summed E-state index contributed by atoms with van der Waals surface area (Å²) < 4.78 is 0. The number of fused-ring (bicyclic) bond motifs is 1. The Kier molecular flexibility index (Phi) is 6.77. The number of carbonyl (C=O) groups excluding carboxylic acids is 2. The molecule has 0 saturated carbocycles. The molecule has 5 nitrogen and oxygen atoms in total. The quantitative estimate of drug-likeness (QED) is 0.422. The van der Waals surface area contributed by atoms with Crippen molar-refractivity contribution in [2.24, 2.45) is 0 Å². The highest BCUT2D eigenvalue weighted by Gasteiger charge is 2.23. The summed E-state index contributed by atoms with van der Waals surface area (Å²) in [6, 6.07) is 32.0. The molecule has 0 aliphatic rings. The van der Waals surface area contributed by atoms with Gasteiger partial charge in [0.1, 0.15) is 12.6 Å². The lowest BCUT2D eigenvalue weighted by atomic mass is 9.98. The average molecular weight is 434 g/mol. The Balaban J connectivity index is 1.61. The smallest absolute Gasteiger partial charge is 0.252 e. The highest BCUT2D eigenvalue weighted by molar-refractivity contribution is 6.03. The van der Waals surface area contributed by atoms with E-state index in [0.29, 0.717) is 12.0 Å². The van der Waals surface area contributed by atoms with Crippen molar-refractivity contribution in [3.05, 3.63) is 108 Å². The molecule has 162 valence electrons. The van der Waals surface area contributed by atoms with E-state index >= 15 is 0 Å². The molecule has 2 amide bonds. The average Bonchev–Trinajstić information content (AvgIpc) is 2.87. The molecule has 0 aromatic heterocycles. The van der Waals surface area contributed by atoms with Crippen molar-refractivity contribution in [2.45, 2.75) is 12.5 Å². The van der Waals surface area contributed by atoms with Crippen molar-refractivity contribution in [3.8, 4) is 17.2 Å². The molecule has 0 radical (unpaired) electrons. The lowest BCUT2D eigenvalue weighted by molar-refractivity contribution is -0.122. The lowest BCUT2D eigenvalue weighted by Gasteiger charge is -2.19. The minimum atomic E-state index is -0.823. The zero-order valence-electron chi connectivity index (χ0n) is 18.0. The lowest BCUT2D eigenvalue weighted by Crippen LogP contribution is -2.48. The Morgan fingerprint density at radius 1 is 0.818 bits per heavy atom. The first-order chi connectivity index (χ1) is 16.2. The van der Waals surface area contributed by atoms with Crippen molar-refractivity contribution in [2.75, 3.05) is 6.54 Å². The van der Waals surface area contributed by atoms with Crippen LogP contribution in [-0.4, -0.2) is 24.4 Å². The third kappa shape index (κ3) is 5.25. The predicted molar refractivity (Wildman–Crippen MR) is 129 cm³/mol. The topological polar surface area (TPSA) is 82.0 Å². The number of nitrogens with one attached hydrogen (secondary N) is 2. The maximum Gasteiger partial charge on any atom is 0.252 e. The summed E-state index contributed by atoms with van der Waals surface area (Å²) in [5, 5.41) is 16.5. The van der Waals surface area contributed by atoms with Gasteiger partial charge in [-0.05, 0) is 33.5 Å². The Morgan fingerprint density at radius 2 is 1.52 bits per heavy atom. The molecule has 4 rings (SSSR count). The molecule has 0 spiro atoms. The maximum absolute atomic E-state index is 13.3. The zero-order valence-corrected chi connectivity index (χ0v) is 18.0. The second kappa shape index (κ2) is 10.3. The fourth-order valence-electron chi connectivity index (χ4n) is 3.85. The van der Waals surface area contributed by atoms with Gasteiger partial charge in [-0.2, -0.15) is 5.26 Å². The number of benzene rings is 4. The summed E-state index contributed by atoms with van der Waals surface area (Å²) in [4.78, 5) is 26.1. The summed E-state index contributed by atoms with van der Waals surface area (Å²) >= 11 is 0. The van der Waals surface area contributed by atoms with Crippen molar-refractivity contribution >= 4 is 22.6 Å². The second-order valence-electron chi connectivity index (χ2n) is 7.70. The molecule has 0 aliphatic heterocycles. The van der Waals surface area contributed by atoms with Gasteiger partial charge in [-0.3, -0.25) is 9.59 Å². The number of rotatable bonds is 7. The van der Waals surface area contributed by atoms with Crippen LogP contribution in [0, 0.1) is 11.3 Å². The van der Waals surface area contributed by atoms with Crippen LogP contribution < -0.4 is 10.6 Å². The van der Waals surface area contributed by atoms with Gasteiger partial charge in [0.25, 0.3) is 5.91 Å². The van der Waals surface area contributed by atoms with Gasteiger partial charge in [0, 0.05) is 12.0 Å². The van der Waals surface area contributed by atoms with E-state index < -0.39 is 11.9 Å². The first-order valence-electron chi connectivity index (χ1n) is 10.7. The van der Waals surface area contributed by atoms with Gasteiger partial charge in [-0.1, -0.05) is 91.0 Å². The molecule has 0 aliphatic carbocycles. The Labute approximate surface area is 192 Å². The molecule has 0 saturated heterocycles. The van der Waals surface area contributed by atoms with Crippen LogP contribution in [0.3, 0.4) is 0 Å². The normalized spacial score (nSPS) is 11.4. The molecule has 0 bridgehead atoms. The van der Waals surface area contributed by atoms with Gasteiger partial charge in [-0.25, -0.2) is 0 Å². The van der Waals surface area contributed by atoms with Gasteiger partial charge in [0.2, 0.25) is 5.91 Å². The van der Waals surface area contributed by atoms with Crippen LogP contribution in [0.25, 0.3) is 21.9 Å². The molecular formula is C28H23N3O2. The van der Waals surface area contributed by atoms with E-state index in [9.17, 15) is 9.59 Å². The number of carbonyl (C=O) groups is 2. The third-order valence-electron chi connectivity index (χ3n) is 5.47. The molecule has 4 aromatic carbocycles.